The first-order valence-corrected chi connectivity index (χ1v) is 11.3. The van der Waals surface area contributed by atoms with Crippen molar-refractivity contribution in [2.75, 3.05) is 39.6 Å². The van der Waals surface area contributed by atoms with E-state index < -0.39 is 23.5 Å². The van der Waals surface area contributed by atoms with Crippen LogP contribution < -0.4 is 10.6 Å². The Kier molecular flexibility index (Phi) is 7.44. The van der Waals surface area contributed by atoms with Gasteiger partial charge in [0.2, 0.25) is 5.91 Å². The molecule has 1 unspecified atom stereocenters. The molecule has 4 rings (SSSR count). The number of ether oxygens (including phenoxy) is 3. The van der Waals surface area contributed by atoms with Crippen molar-refractivity contribution in [3.05, 3.63) is 59.7 Å². The van der Waals surface area contributed by atoms with Gasteiger partial charge in [-0.05, 0) is 22.3 Å². The molecule has 2 amide bonds. The molecule has 1 aliphatic heterocycles. The van der Waals surface area contributed by atoms with Crippen molar-refractivity contribution in [1.29, 1.82) is 0 Å². The Hall–Kier alpha value is -3.43. The molecule has 0 aromatic heterocycles. The quantitative estimate of drug-likeness (QED) is 0.457. The third-order valence-electron chi connectivity index (χ3n) is 6.14. The number of fused-ring (bicyclic) bond motifs is 3. The van der Waals surface area contributed by atoms with E-state index in [1.54, 1.807) is 0 Å². The fourth-order valence-corrected chi connectivity index (χ4v) is 4.36. The van der Waals surface area contributed by atoms with Gasteiger partial charge >= 0.3 is 12.1 Å². The number of hydrogen-bond acceptors (Lipinski definition) is 6. The van der Waals surface area contributed by atoms with E-state index in [0.717, 1.165) is 11.1 Å². The third-order valence-corrected chi connectivity index (χ3v) is 6.14. The minimum atomic E-state index is -1.36. The summed E-state index contributed by atoms with van der Waals surface area (Å²) in [5.74, 6) is -1.53. The van der Waals surface area contributed by atoms with E-state index in [1.165, 1.54) is 11.1 Å². The van der Waals surface area contributed by atoms with Crippen LogP contribution in [0.3, 0.4) is 0 Å². The van der Waals surface area contributed by atoms with Crippen LogP contribution in [0.4, 0.5) is 4.79 Å². The summed E-state index contributed by atoms with van der Waals surface area (Å²) in [5.41, 5.74) is 3.26. The third kappa shape index (κ3) is 5.21. The van der Waals surface area contributed by atoms with E-state index in [1.807, 2.05) is 24.3 Å². The predicted molar refractivity (Wildman–Crippen MR) is 122 cm³/mol. The van der Waals surface area contributed by atoms with E-state index in [-0.39, 0.29) is 51.7 Å². The lowest BCUT2D eigenvalue weighted by Gasteiger charge is -2.23. The van der Waals surface area contributed by atoms with Crippen LogP contribution in [0.5, 0.6) is 0 Å². The van der Waals surface area contributed by atoms with E-state index in [9.17, 15) is 19.5 Å². The van der Waals surface area contributed by atoms with Crippen molar-refractivity contribution in [2.45, 2.75) is 24.3 Å². The highest BCUT2D eigenvalue weighted by Crippen LogP contribution is 2.44. The van der Waals surface area contributed by atoms with E-state index in [4.69, 9.17) is 14.2 Å². The maximum Gasteiger partial charge on any atom is 0.407 e. The average molecular weight is 469 g/mol. The molecule has 0 bridgehead atoms. The molecule has 34 heavy (non-hydrogen) atoms. The molecule has 3 N–H and O–H groups in total. The maximum absolute atomic E-state index is 12.1. The monoisotopic (exact) mass is 468 g/mol. The van der Waals surface area contributed by atoms with E-state index >= 15 is 0 Å². The highest BCUT2D eigenvalue weighted by atomic mass is 16.5. The topological polar surface area (TPSA) is 123 Å². The molecule has 2 aromatic carbocycles. The first-order valence-electron chi connectivity index (χ1n) is 11.3. The van der Waals surface area contributed by atoms with Gasteiger partial charge in [0, 0.05) is 31.9 Å². The van der Waals surface area contributed by atoms with Gasteiger partial charge in [0.05, 0.1) is 19.8 Å². The molecule has 1 fully saturated rings. The Balaban J connectivity index is 1.14. The van der Waals surface area contributed by atoms with Gasteiger partial charge in [-0.15, -0.1) is 0 Å². The molecule has 1 saturated heterocycles. The minimum absolute atomic E-state index is 0.00715. The van der Waals surface area contributed by atoms with Crippen LogP contribution in [0.15, 0.2) is 48.5 Å². The van der Waals surface area contributed by atoms with Gasteiger partial charge in [-0.25, -0.2) is 9.59 Å². The second-order valence-electron chi connectivity index (χ2n) is 8.35. The Labute approximate surface area is 197 Å². The van der Waals surface area contributed by atoms with Crippen molar-refractivity contribution >= 4 is 18.0 Å². The number of carboxylic acid groups (broad SMARTS) is 1. The smallest absolute Gasteiger partial charge is 0.407 e. The summed E-state index contributed by atoms with van der Waals surface area (Å²) in [6, 6.07) is 16.2. The summed E-state index contributed by atoms with van der Waals surface area (Å²) in [6.45, 7) is 1.02. The molecular weight excluding hydrogens is 440 g/mol. The number of benzene rings is 2. The standard InChI is InChI=1S/C25H28N2O7/c28-22(27-25(23(29)30)10-13-33-16-25)9-12-32-14-11-26-24(31)34-15-21-19-7-3-1-5-17(19)18-6-2-4-8-20(18)21/h1-8,21H,9-16H2,(H,26,31)(H,27,28)(H,29,30). The predicted octanol–water partition coefficient (Wildman–Crippen LogP) is 2.29. The Bertz CT molecular complexity index is 1000. The van der Waals surface area contributed by atoms with E-state index in [2.05, 4.69) is 34.9 Å². The molecule has 9 heteroatoms. The van der Waals surface area contributed by atoms with Crippen molar-refractivity contribution in [3.63, 3.8) is 0 Å². The second kappa shape index (κ2) is 10.7. The molecule has 1 heterocycles. The zero-order chi connectivity index (χ0) is 24.0. The molecule has 0 saturated carbocycles. The zero-order valence-electron chi connectivity index (χ0n) is 18.7. The summed E-state index contributed by atoms with van der Waals surface area (Å²) in [7, 11) is 0. The van der Waals surface area contributed by atoms with Crippen LogP contribution in [0, 0.1) is 0 Å². The van der Waals surface area contributed by atoms with Gasteiger partial charge < -0.3 is 30.0 Å². The van der Waals surface area contributed by atoms with Crippen molar-refractivity contribution in [2.24, 2.45) is 0 Å². The van der Waals surface area contributed by atoms with Crippen LogP contribution in [0.1, 0.15) is 29.9 Å². The lowest BCUT2D eigenvalue weighted by atomic mass is 9.98. The lowest BCUT2D eigenvalue weighted by Crippen LogP contribution is -2.55. The van der Waals surface area contributed by atoms with Gasteiger partial charge in [-0.2, -0.15) is 0 Å². The largest absolute Gasteiger partial charge is 0.479 e. The maximum atomic E-state index is 12.1. The second-order valence-corrected chi connectivity index (χ2v) is 8.35. The molecule has 2 aliphatic rings. The summed E-state index contributed by atoms with van der Waals surface area (Å²) in [6.07, 6.45) is -0.285. The molecule has 180 valence electrons. The number of carbonyl (C=O) groups excluding carboxylic acids is 2. The number of aliphatic carboxylic acids is 1. The van der Waals surface area contributed by atoms with Crippen molar-refractivity contribution < 1.29 is 33.7 Å². The number of carbonyl (C=O) groups is 3. The highest BCUT2D eigenvalue weighted by Gasteiger charge is 2.43. The van der Waals surface area contributed by atoms with Crippen LogP contribution in [-0.2, 0) is 23.8 Å². The van der Waals surface area contributed by atoms with Gasteiger partial charge in [0.25, 0.3) is 0 Å². The van der Waals surface area contributed by atoms with Crippen LogP contribution in [0.25, 0.3) is 11.1 Å². The SMILES string of the molecule is O=C(CCOCCNC(=O)OCC1c2ccccc2-c2ccccc21)NC1(C(=O)O)CCOC1. The zero-order valence-corrected chi connectivity index (χ0v) is 18.7. The van der Waals surface area contributed by atoms with Gasteiger partial charge in [0.15, 0.2) is 5.54 Å². The highest BCUT2D eigenvalue weighted by molar-refractivity contribution is 5.87. The first kappa shape index (κ1) is 23.7. The van der Waals surface area contributed by atoms with Crippen LogP contribution in [0.2, 0.25) is 0 Å². The number of amides is 2. The van der Waals surface area contributed by atoms with E-state index in [0.29, 0.717) is 6.61 Å². The molecule has 1 atom stereocenters. The Morgan fingerprint density at radius 3 is 2.32 bits per heavy atom. The summed E-state index contributed by atoms with van der Waals surface area (Å²) >= 11 is 0. The van der Waals surface area contributed by atoms with Crippen LogP contribution >= 0.6 is 0 Å². The molecule has 2 aromatic rings. The first-order chi connectivity index (χ1) is 16.5. The Morgan fingerprint density at radius 1 is 1.03 bits per heavy atom. The molecular formula is C25H28N2O7. The summed E-state index contributed by atoms with van der Waals surface area (Å²) in [4.78, 5) is 35.6. The molecule has 9 nitrogen and oxygen atoms in total. The van der Waals surface area contributed by atoms with Gasteiger partial charge in [-0.3, -0.25) is 4.79 Å². The molecule has 1 aliphatic carbocycles. The average Bonchev–Trinajstić information content (AvgIpc) is 3.44. The number of alkyl carbamates (subject to hydrolysis) is 1. The lowest BCUT2D eigenvalue weighted by molar-refractivity contribution is -0.147. The van der Waals surface area contributed by atoms with Crippen molar-refractivity contribution in [1.82, 2.24) is 10.6 Å². The van der Waals surface area contributed by atoms with Crippen molar-refractivity contribution in [3.8, 4) is 11.1 Å². The number of hydrogen-bond donors (Lipinski definition) is 3. The number of nitrogens with one attached hydrogen (secondary N) is 2. The molecule has 0 radical (unpaired) electrons. The normalized spacial score (nSPS) is 18.7. The Morgan fingerprint density at radius 2 is 1.71 bits per heavy atom. The number of carboxylic acids is 1. The summed E-state index contributed by atoms with van der Waals surface area (Å²) < 4.78 is 15.9. The van der Waals surface area contributed by atoms with Gasteiger partial charge in [0.1, 0.15) is 6.61 Å². The van der Waals surface area contributed by atoms with Crippen LogP contribution in [-0.4, -0.2) is 68.2 Å². The fraction of sp³-hybridized carbons (Fsp3) is 0.400. The molecule has 0 spiro atoms. The minimum Gasteiger partial charge on any atom is -0.479 e. The number of rotatable bonds is 10. The fourth-order valence-electron chi connectivity index (χ4n) is 4.36. The van der Waals surface area contributed by atoms with Gasteiger partial charge in [-0.1, -0.05) is 48.5 Å². The summed E-state index contributed by atoms with van der Waals surface area (Å²) in [5, 5.41) is 14.5.